The molecule has 17 heavy (non-hydrogen) atoms. The van der Waals surface area contributed by atoms with Crippen LogP contribution in [-0.4, -0.2) is 19.2 Å². The summed E-state index contributed by atoms with van der Waals surface area (Å²) >= 11 is 3.34. The molecule has 5 N–H and O–H groups in total. The highest BCUT2D eigenvalue weighted by molar-refractivity contribution is 9.10. The monoisotopic (exact) mass is 325 g/mol. The van der Waals surface area contributed by atoms with E-state index in [0.717, 1.165) is 10.0 Å². The zero-order chi connectivity index (χ0) is 12.0. The summed E-state index contributed by atoms with van der Waals surface area (Å²) < 4.78 is 17.9. The Hall–Kier alpha value is -1.01. The van der Waals surface area contributed by atoms with Crippen LogP contribution in [0.5, 0.6) is 5.75 Å². The van der Waals surface area contributed by atoms with Crippen LogP contribution in [0.25, 0.3) is 0 Å². The summed E-state index contributed by atoms with van der Waals surface area (Å²) in [5, 5.41) is 0. The number of benzene rings is 1. The van der Waals surface area contributed by atoms with Crippen LogP contribution >= 0.6 is 15.9 Å². The average Bonchev–Trinajstić information content (AvgIpc) is 2.25. The first-order valence-electron chi connectivity index (χ1n) is 4.72. The molecule has 96 valence electrons. The number of ether oxygens (including phenoxy) is 1. The van der Waals surface area contributed by atoms with Crippen molar-refractivity contribution in [1.82, 2.24) is 0 Å². The van der Waals surface area contributed by atoms with Gasteiger partial charge in [0.2, 0.25) is 0 Å². The Morgan fingerprint density at radius 1 is 1.41 bits per heavy atom. The van der Waals surface area contributed by atoms with Gasteiger partial charge in [0.15, 0.2) is 0 Å². The maximum absolute atomic E-state index is 11.9. The molecule has 7 heteroatoms. The molecule has 4 nitrogen and oxygen atoms in total. The Kier molecular flexibility index (Phi) is 7.65. The number of nitrogens with two attached hydrogens (primary N) is 2. The first kappa shape index (κ1) is 16.0. The van der Waals surface area contributed by atoms with Gasteiger partial charge in [0.1, 0.15) is 19.0 Å². The van der Waals surface area contributed by atoms with E-state index >= 15 is 0 Å². The van der Waals surface area contributed by atoms with E-state index in [-0.39, 0.29) is 25.0 Å². The highest BCUT2D eigenvalue weighted by Crippen LogP contribution is 2.25. The molecule has 0 aliphatic heterocycles. The zero-order valence-corrected chi connectivity index (χ0v) is 11.4. The molecule has 0 aromatic heterocycles. The highest BCUT2D eigenvalue weighted by atomic mass is 79.9. The van der Waals surface area contributed by atoms with Crippen molar-refractivity contribution in [3.05, 3.63) is 28.2 Å². The van der Waals surface area contributed by atoms with Crippen molar-refractivity contribution in [2.24, 2.45) is 11.5 Å². The Bertz CT molecular complexity index is 386. The molecule has 1 rings (SSSR count). The van der Waals surface area contributed by atoms with Crippen LogP contribution in [0.4, 0.5) is 4.39 Å². The van der Waals surface area contributed by atoms with E-state index in [0.29, 0.717) is 12.3 Å². The lowest BCUT2D eigenvalue weighted by atomic mass is 10.2. The van der Waals surface area contributed by atoms with Gasteiger partial charge >= 0.3 is 5.96 Å². The van der Waals surface area contributed by atoms with Crippen molar-refractivity contribution in [1.29, 1.82) is 0 Å². The third-order valence-corrected chi connectivity index (χ3v) is 2.45. The van der Waals surface area contributed by atoms with Gasteiger partial charge in [-0.2, -0.15) is 0 Å². The molecule has 0 heterocycles. The number of halogens is 3. The molecule has 0 amide bonds. The maximum atomic E-state index is 11.9. The average molecular weight is 327 g/mol. The van der Waals surface area contributed by atoms with Gasteiger partial charge in [0, 0.05) is 0 Å². The number of hydrogen-bond donors (Lipinski definition) is 3. The van der Waals surface area contributed by atoms with Crippen molar-refractivity contribution in [3.8, 4) is 5.75 Å². The highest BCUT2D eigenvalue weighted by Gasteiger charge is 2.02. The molecule has 1 aromatic carbocycles. The topological polar surface area (TPSA) is 75.2 Å². The predicted molar refractivity (Wildman–Crippen MR) is 63.7 cm³/mol. The number of rotatable bonds is 5. The molecule has 0 bridgehead atoms. The van der Waals surface area contributed by atoms with E-state index in [2.05, 4.69) is 20.9 Å². The molecule has 0 unspecified atom stereocenters. The van der Waals surface area contributed by atoms with Crippen molar-refractivity contribution < 1.29 is 26.5 Å². The molecule has 0 fully saturated rings. The largest absolute Gasteiger partial charge is 1.00 e. The van der Waals surface area contributed by atoms with E-state index in [9.17, 15) is 4.39 Å². The van der Waals surface area contributed by atoms with Crippen LogP contribution in [0, 0.1) is 0 Å². The van der Waals surface area contributed by atoms with Gasteiger partial charge in [0.25, 0.3) is 0 Å². The van der Waals surface area contributed by atoms with Gasteiger partial charge in [-0.3, -0.25) is 16.5 Å². The summed E-state index contributed by atoms with van der Waals surface area (Å²) in [6.45, 7) is 0.0818. The lowest BCUT2D eigenvalue weighted by Gasteiger charge is -2.07. The van der Waals surface area contributed by atoms with Gasteiger partial charge < -0.3 is 17.1 Å². The third-order valence-electron chi connectivity index (χ3n) is 1.83. The van der Waals surface area contributed by atoms with E-state index in [1.165, 1.54) is 0 Å². The van der Waals surface area contributed by atoms with E-state index < -0.39 is 6.67 Å². The van der Waals surface area contributed by atoms with Gasteiger partial charge in [-0.25, -0.2) is 4.39 Å². The smallest absolute Gasteiger partial charge is 0.339 e. The lowest BCUT2D eigenvalue weighted by molar-refractivity contribution is -0.477. The quantitative estimate of drug-likeness (QED) is 0.391. The summed E-state index contributed by atoms with van der Waals surface area (Å²) in [6.07, 6.45) is 0. The molecule has 0 aliphatic carbocycles. The van der Waals surface area contributed by atoms with Crippen LogP contribution in [0.2, 0.25) is 0 Å². The van der Waals surface area contributed by atoms with Crippen molar-refractivity contribution in [2.45, 2.75) is 6.54 Å². The van der Waals surface area contributed by atoms with Gasteiger partial charge in [-0.15, -0.1) is 0 Å². The molecule has 0 saturated heterocycles. The Labute approximate surface area is 114 Å². The van der Waals surface area contributed by atoms with Gasteiger partial charge in [0.05, 0.1) is 11.0 Å². The fraction of sp³-hybridized carbons (Fsp3) is 0.300. The Balaban J connectivity index is 0.00000256. The first-order chi connectivity index (χ1) is 7.63. The van der Waals surface area contributed by atoms with Crippen LogP contribution in [-0.2, 0) is 6.54 Å². The van der Waals surface area contributed by atoms with Crippen molar-refractivity contribution in [2.75, 3.05) is 13.3 Å². The second kappa shape index (κ2) is 8.14. The second-order valence-corrected chi connectivity index (χ2v) is 3.97. The maximum Gasteiger partial charge on any atom is 0.339 e. The van der Waals surface area contributed by atoms with Crippen molar-refractivity contribution in [3.63, 3.8) is 0 Å². The molecule has 0 saturated carbocycles. The molecule has 0 spiro atoms. The Morgan fingerprint density at radius 2 is 2.12 bits per heavy atom. The minimum atomic E-state index is -0.506. The molecule has 1 aromatic rings. The minimum Gasteiger partial charge on any atom is -1.00 e. The molecule has 0 radical (unpaired) electrons. The Morgan fingerprint density at radius 3 is 2.65 bits per heavy atom. The summed E-state index contributed by atoms with van der Waals surface area (Å²) in [6, 6.07) is 5.49. The van der Waals surface area contributed by atoms with E-state index in [4.69, 9.17) is 16.2 Å². The van der Waals surface area contributed by atoms with Crippen molar-refractivity contribution >= 4 is 21.9 Å². The normalized spacial score (nSPS) is 9.29. The zero-order valence-electron chi connectivity index (χ0n) is 9.05. The SMILES string of the molecule is NC(N)=[NH+]Cc1ccc(OCCF)c(Br)c1.[Cl-]. The van der Waals surface area contributed by atoms with Crippen LogP contribution in [0.3, 0.4) is 0 Å². The predicted octanol–water partition coefficient (Wildman–Crippen LogP) is -3.34. The fourth-order valence-corrected chi connectivity index (χ4v) is 1.66. The molecular weight excluding hydrogens is 312 g/mol. The lowest BCUT2D eigenvalue weighted by Crippen LogP contribution is -3.00. The molecular formula is C10H14BrClFN3O. The van der Waals surface area contributed by atoms with Crippen LogP contribution < -0.4 is 33.6 Å². The first-order valence-corrected chi connectivity index (χ1v) is 5.51. The van der Waals surface area contributed by atoms with E-state index in [1.807, 2.05) is 12.1 Å². The second-order valence-electron chi connectivity index (χ2n) is 3.11. The number of alkyl halides is 1. The third kappa shape index (κ3) is 5.74. The summed E-state index contributed by atoms with van der Waals surface area (Å²) in [5.41, 5.74) is 11.6. The molecule has 0 aliphatic rings. The summed E-state index contributed by atoms with van der Waals surface area (Å²) in [5.74, 6) is 0.792. The van der Waals surface area contributed by atoms with Crippen LogP contribution in [0.15, 0.2) is 22.7 Å². The number of nitrogens with one attached hydrogen (secondary N) is 1. The number of hydrogen-bond acceptors (Lipinski definition) is 1. The fourth-order valence-electron chi connectivity index (χ4n) is 1.12. The summed E-state index contributed by atoms with van der Waals surface area (Å²) in [7, 11) is 0. The molecule has 0 atom stereocenters. The van der Waals surface area contributed by atoms with E-state index in [1.54, 1.807) is 6.07 Å². The standard InChI is InChI=1S/C10H13BrFN3O.ClH/c11-8-5-7(6-15-10(13)14)1-2-9(8)16-4-3-12;/h1-2,5H,3-4,6H2,(H4,13,14,15);1H. The van der Waals surface area contributed by atoms with Gasteiger partial charge in [-0.1, -0.05) is 6.07 Å². The van der Waals surface area contributed by atoms with Crippen LogP contribution in [0.1, 0.15) is 5.56 Å². The summed E-state index contributed by atoms with van der Waals surface area (Å²) in [4.78, 5) is 2.80. The number of guanidine groups is 1. The minimum absolute atomic E-state index is 0. The van der Waals surface area contributed by atoms with Gasteiger partial charge in [-0.05, 0) is 33.6 Å².